The van der Waals surface area contributed by atoms with Crippen LogP contribution in [0.5, 0.6) is 0 Å². The predicted octanol–water partition coefficient (Wildman–Crippen LogP) is 4.98. The molecular weight excluding hydrogens is 566 g/mol. The Morgan fingerprint density at radius 2 is 1.14 bits per heavy atom. The average molecular weight is 585 g/mol. The zero-order chi connectivity index (χ0) is 30.8. The second-order valence-corrected chi connectivity index (χ2v) is 9.64. The maximum absolute atomic E-state index is 15.4. The molecule has 0 aliphatic heterocycles. The van der Waals surface area contributed by atoms with E-state index < -0.39 is 14.8 Å². The Balaban J connectivity index is 2.07. The zero-order valence-electron chi connectivity index (χ0n) is 22.8. The van der Waals surface area contributed by atoms with Crippen LogP contribution in [0.4, 0.5) is 17.3 Å². The number of nitrogens with zero attached hydrogens (tertiary/aromatic N) is 5. The molecule has 0 aliphatic rings. The van der Waals surface area contributed by atoms with E-state index in [1.165, 1.54) is 18.5 Å². The number of fused-ring (bicyclic) bond motifs is 1. The van der Waals surface area contributed by atoms with Gasteiger partial charge in [-0.15, -0.1) is 0 Å². The molecule has 44 heavy (non-hydrogen) atoms. The second-order valence-electron chi connectivity index (χ2n) is 9.64. The minimum absolute atomic E-state index is 0.0249. The van der Waals surface area contributed by atoms with Crippen LogP contribution >= 0.6 is 0 Å². The Labute approximate surface area is 249 Å². The van der Waals surface area contributed by atoms with E-state index in [0.29, 0.717) is 8.96 Å². The van der Waals surface area contributed by atoms with Gasteiger partial charge in [-0.05, 0) is 29.3 Å². The Morgan fingerprint density at radius 1 is 0.636 bits per heavy atom. The molecule has 6 rings (SSSR count). The summed E-state index contributed by atoms with van der Waals surface area (Å²) >= 11 is 0. The SMILES string of the molecule is N#C/C(c1ccccn1)=c1\c2c(-c3ccccc3)n(B(F)F)/c(=C(/C#N)c3cccc[nH+]3)c2c(-c2ccccc2)n1B(F)F. The molecule has 2 aromatic carbocycles. The predicted molar refractivity (Wildman–Crippen MR) is 160 cm³/mol. The first-order valence-electron chi connectivity index (χ1n) is 13.4. The van der Waals surface area contributed by atoms with Gasteiger partial charge in [-0.2, -0.15) is 10.5 Å². The number of aromatic nitrogens is 4. The van der Waals surface area contributed by atoms with Gasteiger partial charge in [-0.1, -0.05) is 66.7 Å². The van der Waals surface area contributed by atoms with Crippen molar-refractivity contribution in [3.05, 3.63) is 132 Å². The van der Waals surface area contributed by atoms with E-state index in [9.17, 15) is 10.5 Å². The van der Waals surface area contributed by atoms with Crippen LogP contribution < -0.4 is 15.7 Å². The molecule has 12 heteroatoms. The summed E-state index contributed by atoms with van der Waals surface area (Å²) in [5, 5.41) is 20.3. The smallest absolute Gasteiger partial charge is 0.323 e. The van der Waals surface area contributed by atoms with E-state index >= 15 is 17.3 Å². The van der Waals surface area contributed by atoms with Crippen molar-refractivity contribution in [3.8, 4) is 34.7 Å². The van der Waals surface area contributed by atoms with E-state index in [1.54, 1.807) is 91.0 Å². The van der Waals surface area contributed by atoms with Crippen LogP contribution in [-0.2, 0) is 0 Å². The van der Waals surface area contributed by atoms with E-state index in [0.717, 1.165) is 0 Å². The first-order chi connectivity index (χ1) is 21.5. The quantitative estimate of drug-likeness (QED) is 0.205. The van der Waals surface area contributed by atoms with Crippen molar-refractivity contribution in [2.75, 3.05) is 0 Å². The van der Waals surface area contributed by atoms with Crippen LogP contribution in [0.25, 0.3) is 44.4 Å². The molecule has 0 spiro atoms. The second kappa shape index (κ2) is 11.8. The van der Waals surface area contributed by atoms with Gasteiger partial charge in [-0.25, -0.2) is 4.98 Å². The molecule has 0 atom stereocenters. The highest BCUT2D eigenvalue weighted by atomic mass is 19.2. The topological polar surface area (TPSA) is 84.5 Å². The standard InChI is InChI=1S/C32H18B2F4N6/c35-33(36)43-29(21-11-3-1-4-12-21)27-28(32(43)24(20-40)26-16-8-10-18-42-26)30(22-13-5-2-6-14-22)44(34(37)38)31(27)23(19-39)25-15-7-9-17-41-25/h1-18H/p+1/b31-23-,32-24-. The first-order valence-corrected chi connectivity index (χ1v) is 13.4. The van der Waals surface area contributed by atoms with Gasteiger partial charge in [0.15, 0.2) is 6.20 Å². The van der Waals surface area contributed by atoms with Crippen molar-refractivity contribution in [2.45, 2.75) is 0 Å². The van der Waals surface area contributed by atoms with Gasteiger partial charge in [0, 0.05) is 29.1 Å². The van der Waals surface area contributed by atoms with E-state index in [1.807, 2.05) is 12.1 Å². The Hall–Kier alpha value is -5.87. The molecule has 0 bridgehead atoms. The summed E-state index contributed by atoms with van der Waals surface area (Å²) in [5.74, 6) is 0. The first kappa shape index (κ1) is 28.3. The number of hydrogen-bond donors (Lipinski definition) is 0. The van der Waals surface area contributed by atoms with Gasteiger partial charge in [0.2, 0.25) is 5.69 Å². The Kier molecular flexibility index (Phi) is 7.57. The lowest BCUT2D eigenvalue weighted by molar-refractivity contribution is -0.381. The zero-order valence-corrected chi connectivity index (χ0v) is 22.8. The van der Waals surface area contributed by atoms with Crippen LogP contribution in [0.3, 0.4) is 0 Å². The van der Waals surface area contributed by atoms with Gasteiger partial charge in [-0.3, -0.25) is 22.2 Å². The van der Waals surface area contributed by atoms with Crippen molar-refractivity contribution in [2.24, 2.45) is 0 Å². The third-order valence-corrected chi connectivity index (χ3v) is 7.24. The van der Waals surface area contributed by atoms with Crippen LogP contribution in [0.2, 0.25) is 0 Å². The van der Waals surface area contributed by atoms with Crippen molar-refractivity contribution in [1.29, 1.82) is 10.5 Å². The molecule has 0 fully saturated rings. The van der Waals surface area contributed by atoms with E-state index in [4.69, 9.17) is 0 Å². The normalized spacial score (nSPS) is 12.3. The molecule has 4 aromatic heterocycles. The molecule has 0 aliphatic carbocycles. The number of hydrogen-bond acceptors (Lipinski definition) is 3. The molecule has 1 N–H and O–H groups in total. The fraction of sp³-hybridized carbons (Fsp3) is 0. The van der Waals surface area contributed by atoms with Crippen molar-refractivity contribution < 1.29 is 22.2 Å². The minimum Gasteiger partial charge on any atom is -0.323 e. The summed E-state index contributed by atoms with van der Waals surface area (Å²) in [6.45, 7) is 0. The Morgan fingerprint density at radius 3 is 1.57 bits per heavy atom. The number of benzene rings is 2. The minimum atomic E-state index is -3.20. The molecule has 6 aromatic rings. The number of rotatable bonds is 6. The van der Waals surface area contributed by atoms with E-state index in [-0.39, 0.29) is 66.5 Å². The van der Waals surface area contributed by atoms with Gasteiger partial charge < -0.3 is 8.96 Å². The number of H-pyrrole nitrogens is 1. The number of pyridine rings is 2. The van der Waals surface area contributed by atoms with Crippen molar-refractivity contribution >= 4 is 36.7 Å². The fourth-order valence-electron chi connectivity index (χ4n) is 5.58. The molecule has 210 valence electrons. The van der Waals surface area contributed by atoms with Crippen molar-refractivity contribution in [1.82, 2.24) is 13.9 Å². The molecule has 4 heterocycles. The number of aromatic amines is 1. The lowest BCUT2D eigenvalue weighted by Crippen LogP contribution is -2.33. The van der Waals surface area contributed by atoms with Gasteiger partial charge in [0.05, 0.1) is 27.8 Å². The summed E-state index contributed by atoms with van der Waals surface area (Å²) in [7, 11) is -6.40. The van der Waals surface area contributed by atoms with Crippen LogP contribution in [0.15, 0.2) is 109 Å². The Bertz CT molecular complexity index is 2030. The monoisotopic (exact) mass is 585 g/mol. The van der Waals surface area contributed by atoms with Crippen LogP contribution in [0, 0.1) is 22.7 Å². The van der Waals surface area contributed by atoms with Gasteiger partial charge in [0.25, 0.3) is 0 Å². The summed E-state index contributed by atoms with van der Waals surface area (Å²) in [5.41, 5.74) is 0.183. The number of nitrogens with one attached hydrogen (secondary N) is 1. The van der Waals surface area contributed by atoms with Crippen molar-refractivity contribution in [3.63, 3.8) is 0 Å². The lowest BCUT2D eigenvalue weighted by atomic mass is 10.0. The van der Waals surface area contributed by atoms with E-state index in [2.05, 4.69) is 9.97 Å². The largest absolute Gasteiger partial charge is 0.678 e. The molecule has 0 radical (unpaired) electrons. The molecule has 0 amide bonds. The van der Waals surface area contributed by atoms with Crippen LogP contribution in [0.1, 0.15) is 11.4 Å². The third-order valence-electron chi connectivity index (χ3n) is 7.24. The molecule has 0 unspecified atom stereocenters. The highest BCUT2D eigenvalue weighted by Gasteiger charge is 2.36. The molecule has 6 nitrogen and oxygen atoms in total. The summed E-state index contributed by atoms with van der Waals surface area (Å²) in [6.07, 6.45) is 2.95. The summed E-state index contributed by atoms with van der Waals surface area (Å²) in [4.78, 5) is 7.17. The molecule has 0 saturated heterocycles. The molecular formula is C32H19B2F4N6+. The maximum Gasteiger partial charge on any atom is 0.678 e. The fourth-order valence-corrected chi connectivity index (χ4v) is 5.58. The number of halogens is 4. The van der Waals surface area contributed by atoms with Gasteiger partial charge in [0.1, 0.15) is 23.3 Å². The summed E-state index contributed by atoms with van der Waals surface area (Å²) in [6, 6.07) is 29.9. The highest BCUT2D eigenvalue weighted by Crippen LogP contribution is 2.36. The lowest BCUT2D eigenvalue weighted by Gasteiger charge is -2.12. The van der Waals surface area contributed by atoms with Gasteiger partial charge >= 0.3 is 14.8 Å². The third kappa shape index (κ3) is 4.63. The summed E-state index contributed by atoms with van der Waals surface area (Å²) < 4.78 is 63.1. The highest BCUT2D eigenvalue weighted by molar-refractivity contribution is 6.44. The average Bonchev–Trinajstić information content (AvgIpc) is 3.57. The van der Waals surface area contributed by atoms with Crippen LogP contribution in [-0.4, -0.2) is 28.7 Å². The number of nitriles is 2. The molecule has 0 saturated carbocycles. The maximum atomic E-state index is 15.4.